The SMILES string of the molecule is CC1(C)CCC(NCc2ccccc2-n2cccn2)CC1. The molecule has 0 radical (unpaired) electrons. The molecule has 1 N–H and O–H groups in total. The predicted molar refractivity (Wildman–Crippen MR) is 86.4 cm³/mol. The van der Waals surface area contributed by atoms with Gasteiger partial charge in [0.25, 0.3) is 0 Å². The summed E-state index contributed by atoms with van der Waals surface area (Å²) < 4.78 is 1.95. The fourth-order valence-corrected chi connectivity index (χ4v) is 3.15. The van der Waals surface area contributed by atoms with Crippen LogP contribution in [0.2, 0.25) is 0 Å². The number of nitrogens with zero attached hydrogens (tertiary/aromatic N) is 2. The summed E-state index contributed by atoms with van der Waals surface area (Å²) in [6.45, 7) is 5.69. The Kier molecular flexibility index (Phi) is 4.11. The van der Waals surface area contributed by atoms with Gasteiger partial charge in [0, 0.05) is 25.0 Å². The van der Waals surface area contributed by atoms with Crippen LogP contribution in [0.3, 0.4) is 0 Å². The molecule has 1 fully saturated rings. The summed E-state index contributed by atoms with van der Waals surface area (Å²) in [6.07, 6.45) is 9.06. The van der Waals surface area contributed by atoms with Crippen LogP contribution in [0, 0.1) is 5.41 Å². The van der Waals surface area contributed by atoms with E-state index in [0.717, 1.165) is 6.54 Å². The summed E-state index contributed by atoms with van der Waals surface area (Å²) in [6, 6.07) is 11.1. The van der Waals surface area contributed by atoms with Crippen molar-refractivity contribution in [2.75, 3.05) is 0 Å². The van der Waals surface area contributed by atoms with Gasteiger partial charge in [0.1, 0.15) is 0 Å². The largest absolute Gasteiger partial charge is 0.310 e. The fraction of sp³-hybridized carbons (Fsp3) is 0.500. The quantitative estimate of drug-likeness (QED) is 0.921. The number of para-hydroxylation sites is 1. The standard InChI is InChI=1S/C18H25N3/c1-18(2)10-8-16(9-11-18)19-14-15-6-3-4-7-17(15)21-13-5-12-20-21/h3-7,12-13,16,19H,8-11,14H2,1-2H3. The van der Waals surface area contributed by atoms with Gasteiger partial charge in [-0.05, 0) is 48.8 Å². The van der Waals surface area contributed by atoms with Gasteiger partial charge in [-0.3, -0.25) is 0 Å². The first-order valence-electron chi connectivity index (χ1n) is 7.95. The molecule has 1 aliphatic carbocycles. The lowest BCUT2D eigenvalue weighted by Crippen LogP contribution is -2.35. The topological polar surface area (TPSA) is 29.9 Å². The Morgan fingerprint density at radius 3 is 2.67 bits per heavy atom. The first kappa shape index (κ1) is 14.3. The number of hydrogen-bond acceptors (Lipinski definition) is 2. The normalized spacial score (nSPS) is 18.8. The van der Waals surface area contributed by atoms with Crippen LogP contribution in [0.4, 0.5) is 0 Å². The molecule has 1 aromatic heterocycles. The van der Waals surface area contributed by atoms with Crippen molar-refractivity contribution in [3.05, 3.63) is 48.3 Å². The average molecular weight is 283 g/mol. The minimum Gasteiger partial charge on any atom is -0.310 e. The Bertz CT molecular complexity index is 562. The summed E-state index contributed by atoms with van der Waals surface area (Å²) in [4.78, 5) is 0. The van der Waals surface area contributed by atoms with Crippen molar-refractivity contribution in [1.29, 1.82) is 0 Å². The summed E-state index contributed by atoms with van der Waals surface area (Å²) in [5, 5.41) is 8.09. The minimum absolute atomic E-state index is 0.533. The predicted octanol–water partition coefficient (Wildman–Crippen LogP) is 3.93. The third-order valence-electron chi connectivity index (χ3n) is 4.66. The lowest BCUT2D eigenvalue weighted by molar-refractivity contribution is 0.206. The molecule has 21 heavy (non-hydrogen) atoms. The van der Waals surface area contributed by atoms with Crippen LogP contribution in [0.1, 0.15) is 45.1 Å². The van der Waals surface area contributed by atoms with Crippen LogP contribution in [-0.2, 0) is 6.54 Å². The molecule has 3 rings (SSSR count). The van der Waals surface area contributed by atoms with E-state index in [1.807, 2.05) is 23.1 Å². The van der Waals surface area contributed by atoms with Gasteiger partial charge in [-0.2, -0.15) is 5.10 Å². The molecule has 0 bridgehead atoms. The van der Waals surface area contributed by atoms with Crippen LogP contribution in [0.25, 0.3) is 5.69 Å². The highest BCUT2D eigenvalue weighted by Gasteiger charge is 2.26. The van der Waals surface area contributed by atoms with E-state index < -0.39 is 0 Å². The van der Waals surface area contributed by atoms with E-state index in [9.17, 15) is 0 Å². The lowest BCUT2D eigenvalue weighted by atomic mass is 9.75. The van der Waals surface area contributed by atoms with Crippen molar-refractivity contribution in [3.8, 4) is 5.69 Å². The van der Waals surface area contributed by atoms with Crippen LogP contribution in [-0.4, -0.2) is 15.8 Å². The van der Waals surface area contributed by atoms with E-state index in [2.05, 4.69) is 48.5 Å². The molecule has 112 valence electrons. The van der Waals surface area contributed by atoms with Crippen LogP contribution in [0.5, 0.6) is 0 Å². The minimum atomic E-state index is 0.533. The third kappa shape index (κ3) is 3.53. The maximum absolute atomic E-state index is 4.35. The van der Waals surface area contributed by atoms with Gasteiger partial charge in [-0.1, -0.05) is 32.0 Å². The molecule has 0 aliphatic heterocycles. The van der Waals surface area contributed by atoms with E-state index in [0.29, 0.717) is 11.5 Å². The van der Waals surface area contributed by atoms with Crippen LogP contribution < -0.4 is 5.32 Å². The van der Waals surface area contributed by atoms with Crippen molar-refractivity contribution in [3.63, 3.8) is 0 Å². The molecule has 1 saturated carbocycles. The molecule has 0 atom stereocenters. The first-order valence-corrected chi connectivity index (χ1v) is 7.95. The first-order chi connectivity index (χ1) is 10.1. The summed E-state index contributed by atoms with van der Waals surface area (Å²) in [7, 11) is 0. The van der Waals surface area contributed by atoms with Gasteiger partial charge in [-0.15, -0.1) is 0 Å². The van der Waals surface area contributed by atoms with E-state index in [-0.39, 0.29) is 0 Å². The number of benzene rings is 1. The Morgan fingerprint density at radius 1 is 1.19 bits per heavy atom. The zero-order valence-electron chi connectivity index (χ0n) is 13.0. The third-order valence-corrected chi connectivity index (χ3v) is 4.66. The Labute approximate surface area is 127 Å². The van der Waals surface area contributed by atoms with E-state index in [4.69, 9.17) is 0 Å². The molecule has 1 aromatic carbocycles. The number of aromatic nitrogens is 2. The zero-order chi connectivity index (χ0) is 14.7. The molecule has 3 heteroatoms. The Balaban J connectivity index is 1.64. The second kappa shape index (κ2) is 6.02. The maximum atomic E-state index is 4.35. The van der Waals surface area contributed by atoms with Gasteiger partial charge in [0.05, 0.1) is 5.69 Å². The molecule has 0 spiro atoms. The van der Waals surface area contributed by atoms with Gasteiger partial charge in [-0.25, -0.2) is 4.68 Å². The van der Waals surface area contributed by atoms with Crippen molar-refractivity contribution >= 4 is 0 Å². The van der Waals surface area contributed by atoms with Crippen molar-refractivity contribution in [2.45, 2.75) is 52.1 Å². The highest BCUT2D eigenvalue weighted by molar-refractivity contribution is 5.40. The van der Waals surface area contributed by atoms with Gasteiger partial charge >= 0.3 is 0 Å². The van der Waals surface area contributed by atoms with Gasteiger partial charge in [0.2, 0.25) is 0 Å². The summed E-state index contributed by atoms with van der Waals surface area (Å²) in [5.74, 6) is 0. The van der Waals surface area contributed by atoms with E-state index >= 15 is 0 Å². The van der Waals surface area contributed by atoms with Crippen LogP contribution in [0.15, 0.2) is 42.7 Å². The second-order valence-corrected chi connectivity index (χ2v) is 6.90. The maximum Gasteiger partial charge on any atom is 0.0690 e. The molecule has 2 aromatic rings. The highest BCUT2D eigenvalue weighted by Crippen LogP contribution is 2.35. The molecule has 0 saturated heterocycles. The molecule has 0 unspecified atom stereocenters. The Hall–Kier alpha value is -1.61. The smallest absolute Gasteiger partial charge is 0.0690 e. The average Bonchev–Trinajstić information content (AvgIpc) is 3.00. The number of rotatable bonds is 4. The molecule has 0 amide bonds. The van der Waals surface area contributed by atoms with E-state index in [1.165, 1.54) is 36.9 Å². The van der Waals surface area contributed by atoms with Gasteiger partial charge in [0.15, 0.2) is 0 Å². The van der Waals surface area contributed by atoms with E-state index in [1.54, 1.807) is 0 Å². The van der Waals surface area contributed by atoms with Crippen molar-refractivity contribution < 1.29 is 0 Å². The van der Waals surface area contributed by atoms with Crippen molar-refractivity contribution in [2.24, 2.45) is 5.41 Å². The van der Waals surface area contributed by atoms with Crippen molar-refractivity contribution in [1.82, 2.24) is 15.1 Å². The molecular formula is C18H25N3. The number of nitrogens with one attached hydrogen (secondary N) is 1. The van der Waals surface area contributed by atoms with Gasteiger partial charge < -0.3 is 5.32 Å². The fourth-order valence-electron chi connectivity index (χ4n) is 3.15. The summed E-state index contributed by atoms with van der Waals surface area (Å²) >= 11 is 0. The second-order valence-electron chi connectivity index (χ2n) is 6.90. The monoisotopic (exact) mass is 283 g/mol. The molecule has 3 nitrogen and oxygen atoms in total. The molecule has 1 heterocycles. The lowest BCUT2D eigenvalue weighted by Gasteiger charge is -2.34. The molecular weight excluding hydrogens is 258 g/mol. The van der Waals surface area contributed by atoms with Crippen LogP contribution >= 0.6 is 0 Å². The molecule has 1 aliphatic rings. The summed E-state index contributed by atoms with van der Waals surface area (Å²) in [5.41, 5.74) is 3.02. The highest BCUT2D eigenvalue weighted by atomic mass is 15.3. The Morgan fingerprint density at radius 2 is 1.95 bits per heavy atom. The zero-order valence-corrected chi connectivity index (χ0v) is 13.0. The number of hydrogen-bond donors (Lipinski definition) is 1.